The van der Waals surface area contributed by atoms with Gasteiger partial charge in [0.1, 0.15) is 6.61 Å². The standard InChI is InChI=1S/C20H30N2O7/c1-6-22(14(2)11-16-7-8-17-18(12-16)27-13-26-17)19(23)28-15(3)29-20(24)25-10-9-21(4)5/h7-8,12,14-15H,6,9-11,13H2,1-5H3. The minimum atomic E-state index is -1.05. The molecule has 29 heavy (non-hydrogen) atoms. The maximum atomic E-state index is 12.5. The third-order valence-corrected chi connectivity index (χ3v) is 4.36. The van der Waals surface area contributed by atoms with Gasteiger partial charge in [0.2, 0.25) is 13.1 Å². The van der Waals surface area contributed by atoms with Crippen LogP contribution >= 0.6 is 0 Å². The van der Waals surface area contributed by atoms with Crippen molar-refractivity contribution < 1.29 is 33.3 Å². The molecule has 1 aromatic carbocycles. The van der Waals surface area contributed by atoms with Crippen LogP contribution in [0.1, 0.15) is 26.3 Å². The highest BCUT2D eigenvalue weighted by atomic mass is 16.8. The number of fused-ring (bicyclic) bond motifs is 1. The molecule has 0 aliphatic carbocycles. The molecule has 162 valence electrons. The molecule has 0 spiro atoms. The number of benzene rings is 1. The molecular formula is C20H30N2O7. The number of amides is 1. The minimum absolute atomic E-state index is 0.132. The summed E-state index contributed by atoms with van der Waals surface area (Å²) in [5, 5.41) is 0. The Morgan fingerprint density at radius 3 is 2.55 bits per heavy atom. The second kappa shape index (κ2) is 10.8. The van der Waals surface area contributed by atoms with Gasteiger partial charge in [-0.3, -0.25) is 0 Å². The molecular weight excluding hydrogens is 380 g/mol. The molecule has 0 saturated carbocycles. The Kier molecular flexibility index (Phi) is 8.38. The molecule has 1 aliphatic heterocycles. The van der Waals surface area contributed by atoms with Gasteiger partial charge in [0.05, 0.1) is 0 Å². The van der Waals surface area contributed by atoms with Gasteiger partial charge in [0.15, 0.2) is 11.5 Å². The van der Waals surface area contributed by atoms with Crippen LogP contribution in [0.15, 0.2) is 18.2 Å². The molecule has 2 atom stereocenters. The van der Waals surface area contributed by atoms with Gasteiger partial charge in [-0.25, -0.2) is 9.59 Å². The monoisotopic (exact) mass is 410 g/mol. The lowest BCUT2D eigenvalue weighted by Gasteiger charge is -2.28. The molecule has 1 amide bonds. The third-order valence-electron chi connectivity index (χ3n) is 4.36. The molecule has 1 aliphatic rings. The zero-order valence-corrected chi connectivity index (χ0v) is 17.7. The van der Waals surface area contributed by atoms with Crippen molar-refractivity contribution in [1.29, 1.82) is 0 Å². The van der Waals surface area contributed by atoms with Gasteiger partial charge in [0, 0.05) is 26.1 Å². The number of hydrogen-bond acceptors (Lipinski definition) is 8. The Morgan fingerprint density at radius 1 is 1.14 bits per heavy atom. The number of carbonyl (C=O) groups excluding carboxylic acids is 2. The Bertz CT molecular complexity index is 695. The summed E-state index contributed by atoms with van der Waals surface area (Å²) in [6.45, 7) is 6.70. The highest BCUT2D eigenvalue weighted by molar-refractivity contribution is 5.68. The summed E-state index contributed by atoms with van der Waals surface area (Å²) in [7, 11) is 3.73. The Hall–Kier alpha value is -2.68. The molecule has 0 N–H and O–H groups in total. The van der Waals surface area contributed by atoms with E-state index in [1.165, 1.54) is 6.92 Å². The molecule has 1 heterocycles. The average molecular weight is 410 g/mol. The number of rotatable bonds is 9. The Balaban J connectivity index is 1.83. The van der Waals surface area contributed by atoms with Crippen LogP contribution in [0.4, 0.5) is 9.59 Å². The SMILES string of the molecule is CCN(C(=O)OC(C)OC(=O)OCCN(C)C)C(C)Cc1ccc2c(c1)OCO2. The summed E-state index contributed by atoms with van der Waals surface area (Å²) >= 11 is 0. The largest absolute Gasteiger partial charge is 0.511 e. The summed E-state index contributed by atoms with van der Waals surface area (Å²) in [4.78, 5) is 27.6. The van der Waals surface area contributed by atoms with Gasteiger partial charge in [-0.1, -0.05) is 6.07 Å². The third kappa shape index (κ3) is 7.01. The van der Waals surface area contributed by atoms with Crippen LogP contribution in [0.3, 0.4) is 0 Å². The molecule has 0 aromatic heterocycles. The van der Waals surface area contributed by atoms with Crippen molar-refractivity contribution in [3.8, 4) is 11.5 Å². The maximum Gasteiger partial charge on any atom is 0.511 e. The van der Waals surface area contributed by atoms with E-state index < -0.39 is 18.5 Å². The first-order valence-corrected chi connectivity index (χ1v) is 9.64. The van der Waals surface area contributed by atoms with Gasteiger partial charge >= 0.3 is 12.2 Å². The number of likely N-dealkylation sites (N-methyl/N-ethyl adjacent to an activating group) is 2. The fraction of sp³-hybridized carbons (Fsp3) is 0.600. The summed E-state index contributed by atoms with van der Waals surface area (Å²) in [6.07, 6.45) is -1.87. The molecule has 0 radical (unpaired) electrons. The lowest BCUT2D eigenvalue weighted by molar-refractivity contribution is -0.0846. The van der Waals surface area contributed by atoms with Crippen LogP contribution in [-0.2, 0) is 20.6 Å². The average Bonchev–Trinajstić information content (AvgIpc) is 3.09. The fourth-order valence-electron chi connectivity index (χ4n) is 2.85. The van der Waals surface area contributed by atoms with Crippen molar-refractivity contribution in [2.75, 3.05) is 40.6 Å². The zero-order chi connectivity index (χ0) is 21.4. The van der Waals surface area contributed by atoms with Crippen molar-refractivity contribution in [2.24, 2.45) is 0 Å². The second-order valence-corrected chi connectivity index (χ2v) is 7.00. The normalized spacial score (nSPS) is 14.3. The zero-order valence-electron chi connectivity index (χ0n) is 17.7. The van der Waals surface area contributed by atoms with E-state index in [4.69, 9.17) is 23.7 Å². The molecule has 0 saturated heterocycles. The fourth-order valence-corrected chi connectivity index (χ4v) is 2.85. The Labute approximate surface area is 171 Å². The van der Waals surface area contributed by atoms with E-state index in [1.54, 1.807) is 4.90 Å². The van der Waals surface area contributed by atoms with Crippen LogP contribution in [0.5, 0.6) is 11.5 Å². The summed E-state index contributed by atoms with van der Waals surface area (Å²) in [6, 6.07) is 5.58. The van der Waals surface area contributed by atoms with Gasteiger partial charge in [-0.2, -0.15) is 0 Å². The predicted molar refractivity (Wildman–Crippen MR) is 105 cm³/mol. The van der Waals surface area contributed by atoms with Gasteiger partial charge in [0.25, 0.3) is 0 Å². The van der Waals surface area contributed by atoms with Crippen LogP contribution < -0.4 is 9.47 Å². The lowest BCUT2D eigenvalue weighted by atomic mass is 10.1. The van der Waals surface area contributed by atoms with Crippen molar-refractivity contribution in [3.05, 3.63) is 23.8 Å². The van der Waals surface area contributed by atoms with Crippen LogP contribution in [0.2, 0.25) is 0 Å². The number of ether oxygens (including phenoxy) is 5. The first-order valence-electron chi connectivity index (χ1n) is 9.64. The molecule has 0 fully saturated rings. The van der Waals surface area contributed by atoms with Crippen molar-refractivity contribution in [3.63, 3.8) is 0 Å². The first kappa shape index (κ1) is 22.6. The van der Waals surface area contributed by atoms with Gasteiger partial charge in [-0.15, -0.1) is 0 Å². The van der Waals surface area contributed by atoms with Crippen molar-refractivity contribution in [1.82, 2.24) is 9.80 Å². The van der Waals surface area contributed by atoms with Crippen molar-refractivity contribution >= 4 is 12.2 Å². The predicted octanol–water partition coefficient (Wildman–Crippen LogP) is 2.87. The van der Waals surface area contributed by atoms with E-state index in [1.807, 2.05) is 51.0 Å². The second-order valence-electron chi connectivity index (χ2n) is 7.00. The van der Waals surface area contributed by atoms with E-state index in [0.29, 0.717) is 25.3 Å². The van der Waals surface area contributed by atoms with Crippen LogP contribution in [0, 0.1) is 0 Å². The number of nitrogens with zero attached hydrogens (tertiary/aromatic N) is 2. The molecule has 0 bridgehead atoms. The van der Waals surface area contributed by atoms with Crippen LogP contribution in [0.25, 0.3) is 0 Å². The lowest BCUT2D eigenvalue weighted by Crippen LogP contribution is -2.41. The summed E-state index contributed by atoms with van der Waals surface area (Å²) < 4.78 is 25.8. The van der Waals surface area contributed by atoms with E-state index in [-0.39, 0.29) is 19.4 Å². The van der Waals surface area contributed by atoms with Crippen LogP contribution in [-0.4, -0.2) is 75.0 Å². The Morgan fingerprint density at radius 2 is 1.86 bits per heavy atom. The molecule has 9 nitrogen and oxygen atoms in total. The summed E-state index contributed by atoms with van der Waals surface area (Å²) in [5.74, 6) is 1.42. The quantitative estimate of drug-likeness (QED) is 0.454. The number of carbonyl (C=O) groups is 2. The van der Waals surface area contributed by atoms with E-state index in [2.05, 4.69) is 0 Å². The van der Waals surface area contributed by atoms with Gasteiger partial charge < -0.3 is 33.5 Å². The molecule has 1 aromatic rings. The molecule has 2 unspecified atom stereocenters. The minimum Gasteiger partial charge on any atom is -0.454 e. The highest BCUT2D eigenvalue weighted by Gasteiger charge is 2.24. The first-order chi connectivity index (χ1) is 13.8. The van der Waals surface area contributed by atoms with E-state index in [9.17, 15) is 9.59 Å². The highest BCUT2D eigenvalue weighted by Crippen LogP contribution is 2.33. The van der Waals surface area contributed by atoms with Crippen molar-refractivity contribution in [2.45, 2.75) is 39.5 Å². The van der Waals surface area contributed by atoms with E-state index >= 15 is 0 Å². The van der Waals surface area contributed by atoms with Gasteiger partial charge in [-0.05, 0) is 52.1 Å². The molecule has 9 heteroatoms. The summed E-state index contributed by atoms with van der Waals surface area (Å²) in [5.41, 5.74) is 1.02. The smallest absolute Gasteiger partial charge is 0.454 e. The van der Waals surface area contributed by atoms with E-state index in [0.717, 1.165) is 11.3 Å². The number of hydrogen-bond donors (Lipinski definition) is 0. The molecule has 2 rings (SSSR count). The topological polar surface area (TPSA) is 86.8 Å². The maximum absolute atomic E-state index is 12.5.